The highest BCUT2D eigenvalue weighted by atomic mass is 16.5. The minimum absolute atomic E-state index is 0.113. The lowest BCUT2D eigenvalue weighted by molar-refractivity contribution is 0.0882. The zero-order chi connectivity index (χ0) is 10.2. The minimum Gasteiger partial charge on any atom is -0.376 e. The zero-order valence-electron chi connectivity index (χ0n) is 8.23. The van der Waals surface area contributed by atoms with Crippen molar-refractivity contribution in [3.63, 3.8) is 0 Å². The molecule has 0 bridgehead atoms. The van der Waals surface area contributed by atoms with Crippen molar-refractivity contribution in [3.05, 3.63) is 18.7 Å². The summed E-state index contributed by atoms with van der Waals surface area (Å²) in [6.07, 6.45) is 5.52. The van der Waals surface area contributed by atoms with E-state index in [0.29, 0.717) is 0 Å². The average Bonchev–Trinajstić information content (AvgIpc) is 2.67. The maximum Gasteiger partial charge on any atom is 0.327 e. The third-order valence-corrected chi connectivity index (χ3v) is 2.69. The van der Waals surface area contributed by atoms with E-state index >= 15 is 0 Å². The molecular formula is C9H13N3O2. The van der Waals surface area contributed by atoms with E-state index in [-0.39, 0.29) is 17.7 Å². The first-order valence-corrected chi connectivity index (χ1v) is 4.50. The second-order valence-electron chi connectivity index (χ2n) is 3.69. The van der Waals surface area contributed by atoms with Gasteiger partial charge in [0.2, 0.25) is 0 Å². The van der Waals surface area contributed by atoms with E-state index in [1.807, 2.05) is 6.92 Å². The van der Waals surface area contributed by atoms with Gasteiger partial charge in [0, 0.05) is 25.9 Å². The van der Waals surface area contributed by atoms with Crippen LogP contribution in [0.1, 0.15) is 13.3 Å². The van der Waals surface area contributed by atoms with Crippen LogP contribution < -0.4 is 5.32 Å². The lowest BCUT2D eigenvalue weighted by Crippen LogP contribution is -2.34. The molecule has 1 saturated carbocycles. The standard InChI is InChI=1S/C9H13N3O2/c1-9(14-2)5-7(9)11-8(13)12-4-3-10-6-12/h3-4,6-7H,5H2,1-2H3,(H,11,13)/t7-,9+/m1/s1. The Morgan fingerprint density at radius 3 is 3.07 bits per heavy atom. The number of carbonyl (C=O) groups is 1. The van der Waals surface area contributed by atoms with Crippen LogP contribution >= 0.6 is 0 Å². The van der Waals surface area contributed by atoms with Crippen LogP contribution in [0.2, 0.25) is 0 Å². The van der Waals surface area contributed by atoms with Crippen LogP contribution in [0, 0.1) is 0 Å². The summed E-state index contributed by atoms with van der Waals surface area (Å²) in [5.74, 6) is 0. The van der Waals surface area contributed by atoms with Crippen LogP contribution in [0.15, 0.2) is 18.7 Å². The second kappa shape index (κ2) is 3.09. The Morgan fingerprint density at radius 1 is 1.79 bits per heavy atom. The van der Waals surface area contributed by atoms with E-state index in [0.717, 1.165) is 6.42 Å². The lowest BCUT2D eigenvalue weighted by Gasteiger charge is -2.09. The van der Waals surface area contributed by atoms with Gasteiger partial charge in [-0.05, 0) is 6.92 Å². The van der Waals surface area contributed by atoms with Crippen molar-refractivity contribution >= 4 is 6.03 Å². The van der Waals surface area contributed by atoms with Crippen molar-refractivity contribution in [2.24, 2.45) is 0 Å². The number of hydrogen-bond acceptors (Lipinski definition) is 3. The van der Waals surface area contributed by atoms with Crippen molar-refractivity contribution in [2.75, 3.05) is 7.11 Å². The third-order valence-electron chi connectivity index (χ3n) is 2.69. The highest BCUT2D eigenvalue weighted by Crippen LogP contribution is 2.38. The number of imidazole rings is 1. The average molecular weight is 195 g/mol. The number of nitrogens with zero attached hydrogens (tertiary/aromatic N) is 2. The van der Waals surface area contributed by atoms with Gasteiger partial charge < -0.3 is 10.1 Å². The van der Waals surface area contributed by atoms with E-state index in [1.165, 1.54) is 10.9 Å². The summed E-state index contributed by atoms with van der Waals surface area (Å²) < 4.78 is 6.65. The summed E-state index contributed by atoms with van der Waals surface area (Å²) in [6, 6.07) is -0.0457. The summed E-state index contributed by atoms with van der Waals surface area (Å²) in [5.41, 5.74) is -0.184. The first kappa shape index (κ1) is 9.21. The molecule has 0 unspecified atom stereocenters. The molecule has 14 heavy (non-hydrogen) atoms. The number of carbonyl (C=O) groups excluding carboxylic acids is 1. The van der Waals surface area contributed by atoms with E-state index < -0.39 is 0 Å². The maximum atomic E-state index is 11.5. The molecule has 0 radical (unpaired) electrons. The van der Waals surface area contributed by atoms with Crippen molar-refractivity contribution < 1.29 is 9.53 Å². The molecule has 1 aliphatic rings. The molecule has 0 spiro atoms. The largest absolute Gasteiger partial charge is 0.376 e. The first-order valence-electron chi connectivity index (χ1n) is 4.50. The third kappa shape index (κ3) is 1.50. The van der Waals surface area contributed by atoms with E-state index in [4.69, 9.17) is 4.74 Å². The summed E-state index contributed by atoms with van der Waals surface area (Å²) >= 11 is 0. The van der Waals surface area contributed by atoms with Gasteiger partial charge in [-0.2, -0.15) is 0 Å². The molecule has 1 heterocycles. The number of aromatic nitrogens is 2. The van der Waals surface area contributed by atoms with Gasteiger partial charge in [-0.1, -0.05) is 0 Å². The highest BCUT2D eigenvalue weighted by Gasteiger charge is 2.51. The van der Waals surface area contributed by atoms with E-state index in [9.17, 15) is 4.79 Å². The van der Waals surface area contributed by atoms with Gasteiger partial charge in [0.15, 0.2) is 0 Å². The molecule has 2 rings (SSSR count). The molecule has 1 N–H and O–H groups in total. The minimum atomic E-state index is -0.184. The molecule has 1 fully saturated rings. The van der Waals surface area contributed by atoms with Gasteiger partial charge in [-0.3, -0.25) is 4.57 Å². The molecule has 0 saturated heterocycles. The maximum absolute atomic E-state index is 11.5. The Morgan fingerprint density at radius 2 is 2.57 bits per heavy atom. The Kier molecular flexibility index (Phi) is 2.03. The van der Waals surface area contributed by atoms with Gasteiger partial charge >= 0.3 is 6.03 Å². The number of ether oxygens (including phenoxy) is 1. The van der Waals surface area contributed by atoms with E-state index in [2.05, 4.69) is 10.3 Å². The number of hydrogen-bond donors (Lipinski definition) is 1. The number of rotatable bonds is 2. The highest BCUT2D eigenvalue weighted by molar-refractivity contribution is 5.77. The van der Waals surface area contributed by atoms with E-state index in [1.54, 1.807) is 19.5 Å². The lowest BCUT2D eigenvalue weighted by atomic mass is 10.4. The quantitative estimate of drug-likeness (QED) is 0.752. The summed E-state index contributed by atoms with van der Waals surface area (Å²) in [4.78, 5) is 15.3. The van der Waals surface area contributed by atoms with Crippen LogP contribution in [-0.4, -0.2) is 34.3 Å². The zero-order valence-corrected chi connectivity index (χ0v) is 8.23. The predicted octanol–water partition coefficient (Wildman–Crippen LogP) is 0.618. The monoisotopic (exact) mass is 195 g/mol. The number of nitrogens with one attached hydrogen (secondary N) is 1. The summed E-state index contributed by atoms with van der Waals surface area (Å²) in [6.45, 7) is 1.98. The Balaban J connectivity index is 1.92. The molecule has 0 aromatic carbocycles. The fraction of sp³-hybridized carbons (Fsp3) is 0.556. The Labute approximate surface area is 82.1 Å². The molecular weight excluding hydrogens is 182 g/mol. The molecule has 0 aliphatic heterocycles. The first-order chi connectivity index (χ1) is 6.65. The van der Waals surface area contributed by atoms with Crippen LogP contribution in [0.5, 0.6) is 0 Å². The van der Waals surface area contributed by atoms with Crippen molar-refractivity contribution in [3.8, 4) is 0 Å². The summed E-state index contributed by atoms with van der Waals surface area (Å²) in [7, 11) is 1.66. The van der Waals surface area contributed by atoms with Crippen LogP contribution in [-0.2, 0) is 4.74 Å². The van der Waals surface area contributed by atoms with Crippen molar-refractivity contribution in [1.29, 1.82) is 0 Å². The van der Waals surface area contributed by atoms with Gasteiger partial charge in [0.05, 0.1) is 11.6 Å². The molecule has 1 aromatic heterocycles. The molecule has 5 heteroatoms. The number of amides is 1. The number of methoxy groups -OCH3 is 1. The Bertz CT molecular complexity index is 336. The fourth-order valence-corrected chi connectivity index (χ4v) is 1.38. The SMILES string of the molecule is CO[C@@]1(C)C[C@H]1NC(=O)n1ccnc1. The molecule has 5 nitrogen and oxygen atoms in total. The Hall–Kier alpha value is -1.36. The summed E-state index contributed by atoms with van der Waals surface area (Å²) in [5, 5.41) is 2.86. The molecule has 1 aliphatic carbocycles. The van der Waals surface area contributed by atoms with Gasteiger partial charge in [0.25, 0.3) is 0 Å². The van der Waals surface area contributed by atoms with Gasteiger partial charge in [0.1, 0.15) is 6.33 Å². The fourth-order valence-electron chi connectivity index (χ4n) is 1.38. The van der Waals surface area contributed by atoms with Crippen LogP contribution in [0.25, 0.3) is 0 Å². The van der Waals surface area contributed by atoms with Crippen LogP contribution in [0.3, 0.4) is 0 Å². The molecule has 1 amide bonds. The van der Waals surface area contributed by atoms with Crippen molar-refractivity contribution in [2.45, 2.75) is 25.0 Å². The van der Waals surface area contributed by atoms with Gasteiger partial charge in [-0.25, -0.2) is 9.78 Å². The molecule has 2 atom stereocenters. The normalized spacial score (nSPS) is 30.0. The topological polar surface area (TPSA) is 56.1 Å². The molecule has 1 aromatic rings. The smallest absolute Gasteiger partial charge is 0.327 e. The van der Waals surface area contributed by atoms with Crippen molar-refractivity contribution in [1.82, 2.24) is 14.9 Å². The second-order valence-corrected chi connectivity index (χ2v) is 3.69. The van der Waals surface area contributed by atoms with Gasteiger partial charge in [-0.15, -0.1) is 0 Å². The van der Waals surface area contributed by atoms with Crippen LogP contribution in [0.4, 0.5) is 4.79 Å². The predicted molar refractivity (Wildman–Crippen MR) is 50.0 cm³/mol. The molecule has 76 valence electrons.